The number of thioether (sulfide) groups is 1. The largest absolute Gasteiger partial charge is 0.324 e. The Hall–Kier alpha value is -1.00. The minimum absolute atomic E-state index is 0.0339. The lowest BCUT2D eigenvalue weighted by Gasteiger charge is -2.15. The van der Waals surface area contributed by atoms with Crippen molar-refractivity contribution in [1.29, 1.82) is 0 Å². The Morgan fingerprint density at radius 1 is 1.33 bits per heavy atom. The summed E-state index contributed by atoms with van der Waals surface area (Å²) in [6.45, 7) is 6.69. The van der Waals surface area contributed by atoms with Crippen LogP contribution in [0, 0.1) is 5.92 Å². The second-order valence-electron chi connectivity index (χ2n) is 5.03. The van der Waals surface area contributed by atoms with E-state index in [-0.39, 0.29) is 11.9 Å². The molecule has 1 heterocycles. The fraction of sp³-hybridized carbons (Fsp3) is 0.500. The first kappa shape index (κ1) is 13.4. The Kier molecular flexibility index (Phi) is 3.97. The average molecular weight is 264 g/mol. The third-order valence-corrected chi connectivity index (χ3v) is 4.85. The Bertz CT molecular complexity index is 459. The third kappa shape index (κ3) is 2.54. The van der Waals surface area contributed by atoms with E-state index < -0.39 is 0 Å². The molecule has 0 bridgehead atoms. The lowest BCUT2D eigenvalue weighted by molar-refractivity contribution is -0.117. The Morgan fingerprint density at radius 3 is 2.67 bits per heavy atom. The van der Waals surface area contributed by atoms with Gasteiger partial charge >= 0.3 is 0 Å². The van der Waals surface area contributed by atoms with Crippen LogP contribution < -0.4 is 10.6 Å². The number of rotatable bonds is 4. The minimum atomic E-state index is -0.207. The molecule has 0 saturated heterocycles. The summed E-state index contributed by atoms with van der Waals surface area (Å²) in [7, 11) is 1.81. The first-order chi connectivity index (χ1) is 8.52. The molecule has 0 saturated carbocycles. The molecule has 4 heteroatoms. The van der Waals surface area contributed by atoms with Gasteiger partial charge in [-0.05, 0) is 25.1 Å². The molecule has 1 aromatic carbocycles. The van der Waals surface area contributed by atoms with Crippen LogP contribution in [0.5, 0.6) is 0 Å². The smallest absolute Gasteiger partial charge is 0.246 e. The van der Waals surface area contributed by atoms with E-state index in [2.05, 4.69) is 43.5 Å². The number of hydrogen-bond acceptors (Lipinski definition) is 3. The van der Waals surface area contributed by atoms with Gasteiger partial charge in [-0.2, -0.15) is 0 Å². The molecule has 1 aliphatic rings. The van der Waals surface area contributed by atoms with Crippen molar-refractivity contribution in [2.45, 2.75) is 37.0 Å². The molecule has 2 atom stereocenters. The van der Waals surface area contributed by atoms with Crippen molar-refractivity contribution < 1.29 is 4.79 Å². The van der Waals surface area contributed by atoms with Crippen LogP contribution in [-0.2, 0) is 4.79 Å². The number of nitrogens with one attached hydrogen (secondary N) is 2. The quantitative estimate of drug-likeness (QED) is 0.821. The maximum absolute atomic E-state index is 11.7. The summed E-state index contributed by atoms with van der Waals surface area (Å²) in [5, 5.41) is 6.53. The maximum Gasteiger partial charge on any atom is 0.246 e. The topological polar surface area (TPSA) is 41.1 Å². The predicted octanol–water partition coefficient (Wildman–Crippen LogP) is 3.04. The lowest BCUT2D eigenvalue weighted by Crippen LogP contribution is -2.23. The summed E-state index contributed by atoms with van der Waals surface area (Å²) in [6, 6.07) is 6.02. The van der Waals surface area contributed by atoms with Crippen molar-refractivity contribution in [3.05, 3.63) is 23.8 Å². The zero-order chi connectivity index (χ0) is 13.3. The van der Waals surface area contributed by atoms with Crippen LogP contribution >= 0.6 is 11.8 Å². The summed E-state index contributed by atoms with van der Waals surface area (Å²) < 4.78 is 0. The Morgan fingerprint density at radius 2 is 2.06 bits per heavy atom. The Balaban J connectivity index is 2.20. The predicted molar refractivity (Wildman–Crippen MR) is 77.0 cm³/mol. The minimum Gasteiger partial charge on any atom is -0.324 e. The van der Waals surface area contributed by atoms with Crippen molar-refractivity contribution in [2.75, 3.05) is 12.4 Å². The van der Waals surface area contributed by atoms with Crippen molar-refractivity contribution in [3.8, 4) is 0 Å². The van der Waals surface area contributed by atoms with Gasteiger partial charge in [0.25, 0.3) is 0 Å². The molecule has 0 aliphatic carbocycles. The number of benzene rings is 1. The van der Waals surface area contributed by atoms with Gasteiger partial charge in [0.2, 0.25) is 5.91 Å². The van der Waals surface area contributed by atoms with E-state index in [0.29, 0.717) is 11.2 Å². The molecule has 0 aromatic heterocycles. The van der Waals surface area contributed by atoms with Gasteiger partial charge in [0.05, 0.1) is 0 Å². The number of carbonyl (C=O) groups is 1. The molecule has 0 fully saturated rings. The molecule has 18 heavy (non-hydrogen) atoms. The van der Waals surface area contributed by atoms with Crippen LogP contribution in [0.2, 0.25) is 0 Å². The SMILES string of the molecule is CNC1C(=O)Nc2cc(SC(C)C(C)C)ccc21. The van der Waals surface area contributed by atoms with Gasteiger partial charge in [-0.1, -0.05) is 26.8 Å². The zero-order valence-electron chi connectivity index (χ0n) is 11.3. The van der Waals surface area contributed by atoms with E-state index >= 15 is 0 Å². The summed E-state index contributed by atoms with van der Waals surface area (Å²) in [4.78, 5) is 12.9. The average Bonchev–Trinajstić information content (AvgIpc) is 2.63. The van der Waals surface area contributed by atoms with Gasteiger partial charge in [0, 0.05) is 21.4 Å². The van der Waals surface area contributed by atoms with E-state index in [1.54, 1.807) is 0 Å². The molecule has 1 amide bonds. The van der Waals surface area contributed by atoms with Crippen LogP contribution in [0.3, 0.4) is 0 Å². The number of hydrogen-bond donors (Lipinski definition) is 2. The molecule has 98 valence electrons. The third-order valence-electron chi connectivity index (χ3n) is 3.41. The molecular weight excluding hydrogens is 244 g/mol. The molecule has 1 aromatic rings. The highest BCUT2D eigenvalue weighted by molar-refractivity contribution is 8.00. The van der Waals surface area contributed by atoms with Gasteiger partial charge < -0.3 is 10.6 Å². The normalized spacial score (nSPS) is 19.8. The highest BCUT2D eigenvalue weighted by Crippen LogP contribution is 2.36. The fourth-order valence-electron chi connectivity index (χ4n) is 1.95. The summed E-state index contributed by atoms with van der Waals surface area (Å²) in [5.74, 6) is 0.675. The maximum atomic E-state index is 11.7. The summed E-state index contributed by atoms with van der Waals surface area (Å²) >= 11 is 1.86. The van der Waals surface area contributed by atoms with Crippen LogP contribution in [0.25, 0.3) is 0 Å². The molecule has 2 N–H and O–H groups in total. The van der Waals surface area contributed by atoms with E-state index in [4.69, 9.17) is 0 Å². The van der Waals surface area contributed by atoms with Crippen LogP contribution in [0.15, 0.2) is 23.1 Å². The number of anilines is 1. The summed E-state index contributed by atoms with van der Waals surface area (Å²) in [5.41, 5.74) is 1.99. The number of carbonyl (C=O) groups excluding carboxylic acids is 1. The molecule has 3 nitrogen and oxygen atoms in total. The monoisotopic (exact) mass is 264 g/mol. The number of likely N-dealkylation sites (N-methyl/N-ethyl adjacent to an activating group) is 1. The van der Waals surface area contributed by atoms with Gasteiger partial charge in [0.1, 0.15) is 6.04 Å². The van der Waals surface area contributed by atoms with Gasteiger partial charge in [-0.3, -0.25) is 4.79 Å². The molecule has 1 aliphatic heterocycles. The highest BCUT2D eigenvalue weighted by Gasteiger charge is 2.29. The molecule has 2 rings (SSSR count). The van der Waals surface area contributed by atoms with Gasteiger partial charge in [-0.15, -0.1) is 11.8 Å². The standard InChI is InChI=1S/C14H20N2OS/c1-8(2)9(3)18-10-5-6-11-12(7-10)16-14(17)13(11)15-4/h5-9,13,15H,1-4H3,(H,16,17). The molecule has 2 unspecified atom stereocenters. The van der Waals surface area contributed by atoms with Crippen molar-refractivity contribution in [2.24, 2.45) is 5.92 Å². The molecule has 0 radical (unpaired) electrons. The van der Waals surface area contributed by atoms with Crippen LogP contribution in [-0.4, -0.2) is 18.2 Å². The second-order valence-corrected chi connectivity index (χ2v) is 6.48. The van der Waals surface area contributed by atoms with Crippen molar-refractivity contribution in [3.63, 3.8) is 0 Å². The van der Waals surface area contributed by atoms with E-state index in [0.717, 1.165) is 11.3 Å². The number of fused-ring (bicyclic) bond motifs is 1. The summed E-state index contributed by atoms with van der Waals surface area (Å²) in [6.07, 6.45) is 0. The second kappa shape index (κ2) is 5.33. The first-order valence-corrected chi connectivity index (χ1v) is 7.19. The van der Waals surface area contributed by atoms with Gasteiger partial charge in [-0.25, -0.2) is 0 Å². The van der Waals surface area contributed by atoms with Crippen LogP contribution in [0.4, 0.5) is 5.69 Å². The van der Waals surface area contributed by atoms with Crippen molar-refractivity contribution in [1.82, 2.24) is 5.32 Å². The van der Waals surface area contributed by atoms with Crippen LogP contribution in [0.1, 0.15) is 32.4 Å². The van der Waals surface area contributed by atoms with E-state index in [1.165, 1.54) is 4.90 Å². The Labute approximate surface area is 113 Å². The van der Waals surface area contributed by atoms with Crippen molar-refractivity contribution >= 4 is 23.4 Å². The zero-order valence-corrected chi connectivity index (χ0v) is 12.1. The fourth-order valence-corrected chi connectivity index (χ4v) is 2.99. The van der Waals surface area contributed by atoms with E-state index in [1.807, 2.05) is 24.9 Å². The van der Waals surface area contributed by atoms with Gasteiger partial charge in [0.15, 0.2) is 0 Å². The molecular formula is C14H20N2OS. The first-order valence-electron chi connectivity index (χ1n) is 6.31. The lowest BCUT2D eigenvalue weighted by atomic mass is 10.1. The number of amides is 1. The highest BCUT2D eigenvalue weighted by atomic mass is 32.2. The van der Waals surface area contributed by atoms with E-state index in [9.17, 15) is 4.79 Å². The molecule has 0 spiro atoms.